The van der Waals surface area contributed by atoms with Crippen LogP contribution in [0.2, 0.25) is 5.02 Å². The molecule has 7 heteroatoms. The van der Waals surface area contributed by atoms with E-state index in [-0.39, 0.29) is 0 Å². The van der Waals surface area contributed by atoms with Gasteiger partial charge in [-0.05, 0) is 25.1 Å². The van der Waals surface area contributed by atoms with Crippen molar-refractivity contribution in [3.8, 4) is 17.0 Å². The minimum atomic E-state index is 0.293. The number of rotatable bonds is 3. The zero-order valence-electron chi connectivity index (χ0n) is 14.1. The number of pyridine rings is 1. The molecule has 0 aliphatic carbocycles. The molecule has 3 heterocycles. The molecule has 3 aromatic rings. The zero-order chi connectivity index (χ0) is 17.4. The number of benzene rings is 1. The number of halogens is 1. The SMILES string of the molecule is COc1c(Cl)cc(-c2ccccn2)c2oc(N3CCNC[C@@H]3C)nc12. The number of aromatic nitrogens is 2. The van der Waals surface area contributed by atoms with Gasteiger partial charge in [0.05, 0.1) is 17.8 Å². The molecule has 4 rings (SSSR count). The fraction of sp³-hybridized carbons (Fsp3) is 0.333. The highest BCUT2D eigenvalue weighted by atomic mass is 35.5. The second kappa shape index (κ2) is 6.54. The average Bonchev–Trinajstić information content (AvgIpc) is 3.07. The fourth-order valence-corrected chi connectivity index (χ4v) is 3.45. The van der Waals surface area contributed by atoms with Crippen molar-refractivity contribution in [2.75, 3.05) is 31.6 Å². The van der Waals surface area contributed by atoms with Gasteiger partial charge in [0.2, 0.25) is 0 Å². The van der Waals surface area contributed by atoms with Crippen molar-refractivity contribution < 1.29 is 9.15 Å². The third-order valence-corrected chi connectivity index (χ3v) is 4.74. The number of nitrogens with one attached hydrogen (secondary N) is 1. The van der Waals surface area contributed by atoms with Crippen molar-refractivity contribution in [2.45, 2.75) is 13.0 Å². The van der Waals surface area contributed by atoms with Crippen molar-refractivity contribution in [2.24, 2.45) is 0 Å². The smallest absolute Gasteiger partial charge is 0.298 e. The van der Waals surface area contributed by atoms with Crippen LogP contribution in [0.4, 0.5) is 6.01 Å². The fourth-order valence-electron chi connectivity index (χ4n) is 3.17. The molecule has 1 aliphatic rings. The Kier molecular flexibility index (Phi) is 4.23. The second-order valence-corrected chi connectivity index (χ2v) is 6.48. The predicted octanol–water partition coefficient (Wildman–Crippen LogP) is 3.35. The molecule has 1 saturated heterocycles. The molecule has 130 valence electrons. The lowest BCUT2D eigenvalue weighted by atomic mass is 10.1. The third-order valence-electron chi connectivity index (χ3n) is 4.46. The van der Waals surface area contributed by atoms with Gasteiger partial charge in [0.1, 0.15) is 0 Å². The summed E-state index contributed by atoms with van der Waals surface area (Å²) in [5.41, 5.74) is 2.85. The van der Waals surface area contributed by atoms with E-state index in [0.717, 1.165) is 30.9 Å². The number of fused-ring (bicyclic) bond motifs is 1. The number of hydrogen-bond acceptors (Lipinski definition) is 6. The molecule has 0 bridgehead atoms. The van der Waals surface area contributed by atoms with Crippen LogP contribution >= 0.6 is 11.6 Å². The lowest BCUT2D eigenvalue weighted by molar-refractivity contribution is 0.419. The van der Waals surface area contributed by atoms with Crippen molar-refractivity contribution in [1.29, 1.82) is 0 Å². The molecule has 0 radical (unpaired) electrons. The van der Waals surface area contributed by atoms with Gasteiger partial charge in [0.25, 0.3) is 6.01 Å². The van der Waals surface area contributed by atoms with Crippen LogP contribution in [-0.4, -0.2) is 42.8 Å². The van der Waals surface area contributed by atoms with E-state index in [1.807, 2.05) is 24.3 Å². The lowest BCUT2D eigenvalue weighted by Gasteiger charge is -2.32. The molecular formula is C18H19ClN4O2. The number of hydrogen-bond donors (Lipinski definition) is 1. The number of methoxy groups -OCH3 is 1. The molecule has 0 saturated carbocycles. The molecule has 0 amide bonds. The molecule has 1 N–H and O–H groups in total. The second-order valence-electron chi connectivity index (χ2n) is 6.07. The van der Waals surface area contributed by atoms with E-state index in [0.29, 0.717) is 33.9 Å². The Labute approximate surface area is 150 Å². The number of piperazine rings is 1. The Morgan fingerprint density at radius 2 is 2.28 bits per heavy atom. The van der Waals surface area contributed by atoms with Crippen LogP contribution in [-0.2, 0) is 0 Å². The molecule has 25 heavy (non-hydrogen) atoms. The Hall–Kier alpha value is -2.31. The molecule has 2 aromatic heterocycles. The molecule has 1 aliphatic heterocycles. The highest BCUT2D eigenvalue weighted by Gasteiger charge is 2.26. The van der Waals surface area contributed by atoms with Crippen molar-refractivity contribution in [3.05, 3.63) is 35.5 Å². The molecular weight excluding hydrogens is 340 g/mol. The van der Waals surface area contributed by atoms with Gasteiger partial charge in [-0.3, -0.25) is 4.98 Å². The maximum absolute atomic E-state index is 6.42. The van der Waals surface area contributed by atoms with Gasteiger partial charge < -0.3 is 19.4 Å². The quantitative estimate of drug-likeness (QED) is 0.774. The van der Waals surface area contributed by atoms with Crippen LogP contribution in [0, 0.1) is 0 Å². The maximum Gasteiger partial charge on any atom is 0.298 e. The van der Waals surface area contributed by atoms with E-state index < -0.39 is 0 Å². The summed E-state index contributed by atoms with van der Waals surface area (Å²) in [6.07, 6.45) is 1.75. The van der Waals surface area contributed by atoms with Crippen LogP contribution in [0.1, 0.15) is 6.92 Å². The van der Waals surface area contributed by atoms with Gasteiger partial charge in [-0.2, -0.15) is 4.98 Å². The Morgan fingerprint density at radius 3 is 3.00 bits per heavy atom. The lowest BCUT2D eigenvalue weighted by Crippen LogP contribution is -2.50. The highest BCUT2D eigenvalue weighted by molar-refractivity contribution is 6.33. The van der Waals surface area contributed by atoms with Crippen molar-refractivity contribution in [1.82, 2.24) is 15.3 Å². The molecule has 0 spiro atoms. The molecule has 1 fully saturated rings. The summed E-state index contributed by atoms with van der Waals surface area (Å²) in [5.74, 6) is 0.522. The molecule has 1 aromatic carbocycles. The molecule has 6 nitrogen and oxygen atoms in total. The van der Waals surface area contributed by atoms with E-state index in [1.54, 1.807) is 13.3 Å². The Bertz CT molecular complexity index is 897. The zero-order valence-corrected chi connectivity index (χ0v) is 14.9. The number of oxazole rings is 1. The maximum atomic E-state index is 6.42. The average molecular weight is 359 g/mol. The van der Waals surface area contributed by atoms with Gasteiger partial charge in [0.15, 0.2) is 16.8 Å². The van der Waals surface area contributed by atoms with Crippen LogP contribution in [0.5, 0.6) is 5.75 Å². The number of anilines is 1. The van der Waals surface area contributed by atoms with E-state index in [2.05, 4.69) is 22.1 Å². The summed E-state index contributed by atoms with van der Waals surface area (Å²) in [6.45, 7) is 4.77. The minimum absolute atomic E-state index is 0.293. The summed E-state index contributed by atoms with van der Waals surface area (Å²) >= 11 is 6.42. The number of ether oxygens (including phenoxy) is 1. The van der Waals surface area contributed by atoms with E-state index >= 15 is 0 Å². The van der Waals surface area contributed by atoms with Crippen LogP contribution in [0.3, 0.4) is 0 Å². The summed E-state index contributed by atoms with van der Waals surface area (Å²) < 4.78 is 11.6. The first kappa shape index (κ1) is 16.2. The Balaban J connectivity index is 1.92. The van der Waals surface area contributed by atoms with Gasteiger partial charge in [-0.15, -0.1) is 0 Å². The van der Waals surface area contributed by atoms with Crippen molar-refractivity contribution >= 4 is 28.7 Å². The first-order valence-electron chi connectivity index (χ1n) is 8.25. The summed E-state index contributed by atoms with van der Waals surface area (Å²) in [4.78, 5) is 11.3. The predicted molar refractivity (Wildman–Crippen MR) is 98.5 cm³/mol. The molecule has 1 atom stereocenters. The minimum Gasteiger partial charge on any atom is -0.493 e. The normalized spacial score (nSPS) is 17.9. The first-order valence-corrected chi connectivity index (χ1v) is 8.62. The largest absolute Gasteiger partial charge is 0.493 e. The van der Waals surface area contributed by atoms with Gasteiger partial charge in [-0.25, -0.2) is 0 Å². The first-order chi connectivity index (χ1) is 12.2. The monoisotopic (exact) mass is 358 g/mol. The standard InChI is InChI=1S/C18H19ClN4O2/c1-11-10-20-7-8-23(11)18-22-15-16(25-18)12(9-13(19)17(15)24-2)14-5-3-4-6-21-14/h3-6,9,11,20H,7-8,10H2,1-2H3/t11-/m0/s1. The summed E-state index contributed by atoms with van der Waals surface area (Å²) in [7, 11) is 1.59. The Morgan fingerprint density at radius 1 is 1.40 bits per heavy atom. The topological polar surface area (TPSA) is 63.4 Å². The summed E-state index contributed by atoms with van der Waals surface area (Å²) in [5, 5.41) is 3.86. The van der Waals surface area contributed by atoms with Gasteiger partial charge >= 0.3 is 0 Å². The van der Waals surface area contributed by atoms with Crippen LogP contribution in [0.15, 0.2) is 34.9 Å². The van der Waals surface area contributed by atoms with Crippen molar-refractivity contribution in [3.63, 3.8) is 0 Å². The van der Waals surface area contributed by atoms with E-state index in [1.165, 1.54) is 0 Å². The van der Waals surface area contributed by atoms with Crippen LogP contribution in [0.25, 0.3) is 22.4 Å². The molecule has 0 unspecified atom stereocenters. The summed E-state index contributed by atoms with van der Waals surface area (Å²) in [6, 6.07) is 8.43. The van der Waals surface area contributed by atoms with Gasteiger partial charge in [-0.1, -0.05) is 17.7 Å². The highest BCUT2D eigenvalue weighted by Crippen LogP contribution is 2.41. The van der Waals surface area contributed by atoms with Crippen LogP contribution < -0.4 is 15.0 Å². The van der Waals surface area contributed by atoms with E-state index in [4.69, 9.17) is 25.7 Å². The van der Waals surface area contributed by atoms with Gasteiger partial charge in [0, 0.05) is 37.4 Å². The number of nitrogens with zero attached hydrogens (tertiary/aromatic N) is 3. The third kappa shape index (κ3) is 2.81. The van der Waals surface area contributed by atoms with E-state index in [9.17, 15) is 0 Å².